The van der Waals surface area contributed by atoms with Gasteiger partial charge in [-0.25, -0.2) is 0 Å². The predicted octanol–water partition coefficient (Wildman–Crippen LogP) is 1.74. The number of nitrogens with zero attached hydrogens (tertiary/aromatic N) is 2. The lowest BCUT2D eigenvalue weighted by atomic mass is 10.1. The van der Waals surface area contributed by atoms with Crippen molar-refractivity contribution in [3.05, 3.63) is 42.2 Å². The fraction of sp³-hybridized carbons (Fsp3) is 0.214. The number of fused-ring (bicyclic) bond motifs is 1. The second kappa shape index (κ2) is 6.45. The van der Waals surface area contributed by atoms with Gasteiger partial charge in [0.05, 0.1) is 11.9 Å². The van der Waals surface area contributed by atoms with Crippen molar-refractivity contribution in [3.63, 3.8) is 0 Å². The summed E-state index contributed by atoms with van der Waals surface area (Å²) in [5, 5.41) is 14.9. The normalized spacial score (nSPS) is 10.9. The van der Waals surface area contributed by atoms with Crippen LogP contribution in [-0.4, -0.2) is 38.6 Å². The number of nitrogens with one attached hydrogen (secondary N) is 3. The number of aromatic amines is 2. The zero-order valence-electron chi connectivity index (χ0n) is 11.3. The van der Waals surface area contributed by atoms with Gasteiger partial charge in [0.1, 0.15) is 5.03 Å². The number of amides is 1. The number of carbonyl (C=O) groups excluding carboxylic acids is 1. The Morgan fingerprint density at radius 2 is 2.24 bits per heavy atom. The number of para-hydroxylation sites is 1. The summed E-state index contributed by atoms with van der Waals surface area (Å²) < 4.78 is 0. The first-order valence-electron chi connectivity index (χ1n) is 6.63. The van der Waals surface area contributed by atoms with Crippen LogP contribution in [-0.2, 0) is 11.2 Å². The fourth-order valence-electron chi connectivity index (χ4n) is 2.13. The topological polar surface area (TPSA) is 86.5 Å². The van der Waals surface area contributed by atoms with Gasteiger partial charge < -0.3 is 10.3 Å². The van der Waals surface area contributed by atoms with E-state index in [9.17, 15) is 4.79 Å². The van der Waals surface area contributed by atoms with Crippen LogP contribution in [0.4, 0.5) is 0 Å². The molecule has 0 unspecified atom stereocenters. The van der Waals surface area contributed by atoms with E-state index in [4.69, 9.17) is 0 Å². The molecule has 21 heavy (non-hydrogen) atoms. The van der Waals surface area contributed by atoms with Crippen LogP contribution in [0.1, 0.15) is 5.56 Å². The molecule has 3 aromatic rings. The Morgan fingerprint density at radius 3 is 3.10 bits per heavy atom. The lowest BCUT2D eigenvalue weighted by Gasteiger charge is -2.03. The monoisotopic (exact) mass is 301 g/mol. The van der Waals surface area contributed by atoms with Crippen molar-refractivity contribution in [2.75, 3.05) is 12.3 Å². The maximum absolute atomic E-state index is 11.7. The minimum atomic E-state index is 0.00263. The second-order valence-corrected chi connectivity index (χ2v) is 5.55. The predicted molar refractivity (Wildman–Crippen MR) is 82.1 cm³/mol. The highest BCUT2D eigenvalue weighted by molar-refractivity contribution is 7.99. The third-order valence-corrected chi connectivity index (χ3v) is 4.03. The van der Waals surface area contributed by atoms with E-state index < -0.39 is 0 Å². The standard InChI is InChI=1S/C14H15N5OS/c20-13(9-21-14-8-17-19-18-14)15-6-5-10-7-16-12-4-2-1-3-11(10)12/h1-4,7-8,16H,5-6,9H2,(H,15,20)(H,17,18,19). The number of benzene rings is 1. The molecule has 0 bridgehead atoms. The average molecular weight is 301 g/mol. The largest absolute Gasteiger partial charge is 0.361 e. The van der Waals surface area contributed by atoms with Crippen LogP contribution in [0, 0.1) is 0 Å². The molecular formula is C14H15N5OS. The van der Waals surface area contributed by atoms with Gasteiger partial charge in [-0.05, 0) is 18.1 Å². The van der Waals surface area contributed by atoms with Gasteiger partial charge in [-0.3, -0.25) is 4.79 Å². The van der Waals surface area contributed by atoms with Crippen molar-refractivity contribution in [1.82, 2.24) is 25.7 Å². The smallest absolute Gasteiger partial charge is 0.230 e. The highest BCUT2D eigenvalue weighted by atomic mass is 32.2. The second-order valence-electron chi connectivity index (χ2n) is 4.56. The van der Waals surface area contributed by atoms with Crippen LogP contribution >= 0.6 is 11.8 Å². The number of H-pyrrole nitrogens is 2. The van der Waals surface area contributed by atoms with E-state index in [1.165, 1.54) is 22.7 Å². The highest BCUT2D eigenvalue weighted by Gasteiger charge is 2.06. The quantitative estimate of drug-likeness (QED) is 0.605. The molecule has 7 heteroatoms. The molecule has 3 rings (SSSR count). The lowest BCUT2D eigenvalue weighted by Crippen LogP contribution is -2.27. The molecule has 1 aromatic carbocycles. The Hall–Kier alpha value is -2.28. The molecule has 3 N–H and O–H groups in total. The van der Waals surface area contributed by atoms with Gasteiger partial charge in [-0.15, -0.1) is 5.10 Å². The van der Waals surface area contributed by atoms with Gasteiger partial charge in [-0.2, -0.15) is 10.3 Å². The van der Waals surface area contributed by atoms with Gasteiger partial charge in [0.2, 0.25) is 5.91 Å². The molecule has 0 aliphatic heterocycles. The van der Waals surface area contributed by atoms with Crippen molar-refractivity contribution in [2.24, 2.45) is 0 Å². The number of hydrogen-bond acceptors (Lipinski definition) is 4. The molecule has 0 aliphatic rings. The van der Waals surface area contributed by atoms with Gasteiger partial charge in [-0.1, -0.05) is 30.0 Å². The van der Waals surface area contributed by atoms with Crippen molar-refractivity contribution >= 4 is 28.6 Å². The summed E-state index contributed by atoms with van der Waals surface area (Å²) in [5.74, 6) is 0.350. The molecule has 0 spiro atoms. The van der Waals surface area contributed by atoms with E-state index in [1.54, 1.807) is 6.20 Å². The van der Waals surface area contributed by atoms with E-state index >= 15 is 0 Å². The highest BCUT2D eigenvalue weighted by Crippen LogP contribution is 2.17. The third kappa shape index (κ3) is 3.43. The van der Waals surface area contributed by atoms with Gasteiger partial charge >= 0.3 is 0 Å². The Morgan fingerprint density at radius 1 is 1.33 bits per heavy atom. The van der Waals surface area contributed by atoms with Crippen LogP contribution in [0.2, 0.25) is 0 Å². The SMILES string of the molecule is O=C(CSc1cn[nH]n1)NCCc1c[nH]c2ccccc12. The molecule has 108 valence electrons. The van der Waals surface area contributed by atoms with Crippen LogP contribution in [0.25, 0.3) is 10.9 Å². The van der Waals surface area contributed by atoms with Crippen LogP contribution < -0.4 is 5.32 Å². The van der Waals surface area contributed by atoms with E-state index in [2.05, 4.69) is 31.8 Å². The first-order chi connectivity index (χ1) is 10.3. The van der Waals surface area contributed by atoms with Crippen molar-refractivity contribution in [1.29, 1.82) is 0 Å². The molecule has 2 heterocycles. The maximum Gasteiger partial charge on any atom is 0.230 e. The molecule has 0 atom stereocenters. The van der Waals surface area contributed by atoms with Gasteiger partial charge in [0, 0.05) is 23.6 Å². The number of carbonyl (C=O) groups is 1. The first kappa shape index (κ1) is 13.7. The summed E-state index contributed by atoms with van der Waals surface area (Å²) in [6.07, 6.45) is 4.41. The van der Waals surface area contributed by atoms with E-state index in [1.807, 2.05) is 24.4 Å². The summed E-state index contributed by atoms with van der Waals surface area (Å²) in [6, 6.07) is 8.16. The molecule has 2 aromatic heterocycles. The van der Waals surface area contributed by atoms with Gasteiger partial charge in [0.25, 0.3) is 0 Å². The Labute approximate surface area is 125 Å². The summed E-state index contributed by atoms with van der Waals surface area (Å²) in [5.41, 5.74) is 2.34. The van der Waals surface area contributed by atoms with Gasteiger partial charge in [0.15, 0.2) is 0 Å². The van der Waals surface area contributed by atoms with Crippen molar-refractivity contribution in [3.8, 4) is 0 Å². The fourth-order valence-corrected chi connectivity index (χ4v) is 2.74. The van der Waals surface area contributed by atoms with E-state index in [-0.39, 0.29) is 5.91 Å². The van der Waals surface area contributed by atoms with Crippen LogP contribution in [0.5, 0.6) is 0 Å². The zero-order valence-corrected chi connectivity index (χ0v) is 12.1. The number of thioether (sulfide) groups is 1. The molecule has 0 radical (unpaired) electrons. The third-order valence-electron chi connectivity index (χ3n) is 3.14. The average Bonchev–Trinajstić information content (AvgIpc) is 3.15. The Bertz CT molecular complexity index is 722. The maximum atomic E-state index is 11.7. The Balaban J connectivity index is 1.46. The minimum Gasteiger partial charge on any atom is -0.361 e. The lowest BCUT2D eigenvalue weighted by molar-refractivity contribution is -0.118. The van der Waals surface area contributed by atoms with Crippen LogP contribution in [0.15, 0.2) is 41.7 Å². The van der Waals surface area contributed by atoms with E-state index in [0.717, 1.165) is 17.0 Å². The molecule has 1 amide bonds. The molecule has 0 saturated carbocycles. The van der Waals surface area contributed by atoms with E-state index in [0.29, 0.717) is 12.3 Å². The molecule has 0 saturated heterocycles. The first-order valence-corrected chi connectivity index (χ1v) is 7.62. The minimum absolute atomic E-state index is 0.00263. The molecular weight excluding hydrogens is 286 g/mol. The zero-order chi connectivity index (χ0) is 14.5. The molecule has 6 nitrogen and oxygen atoms in total. The summed E-state index contributed by atoms with van der Waals surface area (Å²) in [7, 11) is 0. The Kier molecular flexibility index (Phi) is 4.20. The number of aromatic nitrogens is 4. The number of hydrogen-bond donors (Lipinski definition) is 3. The summed E-state index contributed by atoms with van der Waals surface area (Å²) >= 11 is 1.36. The summed E-state index contributed by atoms with van der Waals surface area (Å²) in [4.78, 5) is 15.0. The van der Waals surface area contributed by atoms with Crippen molar-refractivity contribution in [2.45, 2.75) is 11.4 Å². The summed E-state index contributed by atoms with van der Waals surface area (Å²) in [6.45, 7) is 0.625. The van der Waals surface area contributed by atoms with Crippen LogP contribution in [0.3, 0.4) is 0 Å². The molecule has 0 aliphatic carbocycles. The number of rotatable bonds is 6. The molecule has 0 fully saturated rings. The van der Waals surface area contributed by atoms with Crippen molar-refractivity contribution < 1.29 is 4.79 Å².